The van der Waals surface area contributed by atoms with E-state index in [0.717, 1.165) is 26.1 Å². The monoisotopic (exact) mass is 210 g/mol. The molecule has 0 fully saturated rings. The zero-order chi connectivity index (χ0) is 11.3. The van der Waals surface area contributed by atoms with Gasteiger partial charge in [-0.3, -0.25) is 4.79 Å². The van der Waals surface area contributed by atoms with E-state index < -0.39 is 0 Å². The molecular formula is C12H22N2O. The van der Waals surface area contributed by atoms with Gasteiger partial charge in [0.15, 0.2) is 0 Å². The van der Waals surface area contributed by atoms with Gasteiger partial charge < -0.3 is 10.2 Å². The molecule has 0 unspecified atom stereocenters. The average Bonchev–Trinajstić information content (AvgIpc) is 2.17. The minimum absolute atomic E-state index is 0.274. The second kappa shape index (κ2) is 5.91. The Morgan fingerprint density at radius 2 is 2.33 bits per heavy atom. The van der Waals surface area contributed by atoms with Gasteiger partial charge in [0, 0.05) is 32.1 Å². The summed E-state index contributed by atoms with van der Waals surface area (Å²) < 4.78 is 0. The van der Waals surface area contributed by atoms with Crippen LogP contribution in [-0.4, -0.2) is 36.5 Å². The quantitative estimate of drug-likeness (QED) is 0.714. The second-order valence-electron chi connectivity index (χ2n) is 4.51. The molecule has 0 bridgehead atoms. The van der Waals surface area contributed by atoms with Crippen molar-refractivity contribution in [3.63, 3.8) is 0 Å². The molecule has 0 aliphatic carbocycles. The van der Waals surface area contributed by atoms with Crippen molar-refractivity contribution in [2.45, 2.75) is 39.7 Å². The Bertz CT molecular complexity index is 246. The van der Waals surface area contributed by atoms with E-state index >= 15 is 0 Å². The van der Waals surface area contributed by atoms with Gasteiger partial charge in [-0.15, -0.1) is 0 Å². The summed E-state index contributed by atoms with van der Waals surface area (Å²) in [6.45, 7) is 8.77. The lowest BCUT2D eigenvalue weighted by molar-refractivity contribution is -0.130. The lowest BCUT2D eigenvalue weighted by Gasteiger charge is -2.26. The highest BCUT2D eigenvalue weighted by molar-refractivity contribution is 5.76. The van der Waals surface area contributed by atoms with Gasteiger partial charge in [0.25, 0.3) is 0 Å². The topological polar surface area (TPSA) is 32.3 Å². The smallest absolute Gasteiger partial charge is 0.224 e. The molecule has 0 spiro atoms. The molecule has 15 heavy (non-hydrogen) atoms. The Hall–Kier alpha value is -0.830. The third-order valence-electron chi connectivity index (χ3n) is 2.58. The van der Waals surface area contributed by atoms with Crippen LogP contribution in [0.1, 0.15) is 33.6 Å². The molecule has 1 heterocycles. The van der Waals surface area contributed by atoms with E-state index in [9.17, 15) is 4.79 Å². The maximum atomic E-state index is 11.8. The van der Waals surface area contributed by atoms with Gasteiger partial charge in [0.05, 0.1) is 0 Å². The largest absolute Gasteiger partial charge is 0.338 e. The minimum Gasteiger partial charge on any atom is -0.338 e. The molecule has 1 rings (SSSR count). The van der Waals surface area contributed by atoms with Gasteiger partial charge in [-0.25, -0.2) is 0 Å². The summed E-state index contributed by atoms with van der Waals surface area (Å²) in [6.07, 6.45) is 3.84. The molecule has 86 valence electrons. The number of amides is 1. The van der Waals surface area contributed by atoms with Crippen molar-refractivity contribution in [2.75, 3.05) is 19.6 Å². The standard InChI is InChI=1S/C12H22N2O/c1-10(2)13-7-6-12(15)14-8-4-5-11(3)9-14/h5,10,13H,4,6-9H2,1-3H3. The maximum Gasteiger partial charge on any atom is 0.224 e. The summed E-state index contributed by atoms with van der Waals surface area (Å²) in [7, 11) is 0. The van der Waals surface area contributed by atoms with Crippen LogP contribution in [-0.2, 0) is 4.79 Å². The normalized spacial score (nSPS) is 16.8. The fourth-order valence-electron chi connectivity index (χ4n) is 1.75. The summed E-state index contributed by atoms with van der Waals surface area (Å²) in [5, 5.41) is 3.26. The molecular weight excluding hydrogens is 188 g/mol. The number of nitrogens with zero attached hydrogens (tertiary/aromatic N) is 1. The number of hydrogen-bond acceptors (Lipinski definition) is 2. The molecule has 0 aromatic heterocycles. The minimum atomic E-state index is 0.274. The van der Waals surface area contributed by atoms with Gasteiger partial charge in [0.1, 0.15) is 0 Å². The van der Waals surface area contributed by atoms with E-state index in [-0.39, 0.29) is 5.91 Å². The third-order valence-corrected chi connectivity index (χ3v) is 2.58. The van der Waals surface area contributed by atoms with Crippen LogP contribution in [0.3, 0.4) is 0 Å². The zero-order valence-corrected chi connectivity index (χ0v) is 10.0. The zero-order valence-electron chi connectivity index (χ0n) is 10.0. The van der Waals surface area contributed by atoms with Crippen molar-refractivity contribution in [2.24, 2.45) is 0 Å². The molecule has 0 aromatic rings. The molecule has 0 radical (unpaired) electrons. The molecule has 0 aromatic carbocycles. The van der Waals surface area contributed by atoms with E-state index in [1.54, 1.807) is 0 Å². The molecule has 3 nitrogen and oxygen atoms in total. The van der Waals surface area contributed by atoms with Crippen molar-refractivity contribution >= 4 is 5.91 Å². The molecule has 1 amide bonds. The predicted octanol–water partition coefficient (Wildman–Crippen LogP) is 1.55. The molecule has 1 aliphatic heterocycles. The van der Waals surface area contributed by atoms with Crippen LogP contribution >= 0.6 is 0 Å². The highest BCUT2D eigenvalue weighted by Gasteiger charge is 2.15. The Labute approximate surface area is 92.5 Å². The van der Waals surface area contributed by atoms with Crippen molar-refractivity contribution in [1.29, 1.82) is 0 Å². The molecule has 1 N–H and O–H groups in total. The highest BCUT2D eigenvalue weighted by atomic mass is 16.2. The van der Waals surface area contributed by atoms with E-state index in [2.05, 4.69) is 32.2 Å². The van der Waals surface area contributed by atoms with Gasteiger partial charge in [-0.2, -0.15) is 0 Å². The first kappa shape index (κ1) is 12.2. The maximum absolute atomic E-state index is 11.8. The van der Waals surface area contributed by atoms with Crippen LogP contribution < -0.4 is 5.32 Å². The average molecular weight is 210 g/mol. The van der Waals surface area contributed by atoms with E-state index in [1.165, 1.54) is 5.57 Å². The van der Waals surface area contributed by atoms with Crippen LogP contribution in [0.25, 0.3) is 0 Å². The van der Waals surface area contributed by atoms with Gasteiger partial charge in [-0.05, 0) is 13.3 Å². The van der Waals surface area contributed by atoms with Crippen molar-refractivity contribution in [3.05, 3.63) is 11.6 Å². The molecule has 0 saturated heterocycles. The van der Waals surface area contributed by atoms with Gasteiger partial charge in [0.2, 0.25) is 5.91 Å². The number of carbonyl (C=O) groups is 1. The third kappa shape index (κ3) is 4.47. The number of nitrogens with one attached hydrogen (secondary N) is 1. The van der Waals surface area contributed by atoms with Crippen LogP contribution in [0.5, 0.6) is 0 Å². The molecule has 0 saturated carbocycles. The van der Waals surface area contributed by atoms with Crippen LogP contribution in [0.15, 0.2) is 11.6 Å². The Morgan fingerprint density at radius 3 is 2.93 bits per heavy atom. The fourth-order valence-corrected chi connectivity index (χ4v) is 1.75. The Balaban J connectivity index is 2.25. The Kier molecular flexibility index (Phi) is 4.82. The molecule has 1 aliphatic rings. The van der Waals surface area contributed by atoms with Gasteiger partial charge >= 0.3 is 0 Å². The van der Waals surface area contributed by atoms with E-state index in [4.69, 9.17) is 0 Å². The predicted molar refractivity (Wildman–Crippen MR) is 62.7 cm³/mol. The van der Waals surface area contributed by atoms with Crippen molar-refractivity contribution in [1.82, 2.24) is 10.2 Å². The summed E-state index contributed by atoms with van der Waals surface area (Å²) in [5.41, 5.74) is 1.31. The number of rotatable bonds is 4. The van der Waals surface area contributed by atoms with E-state index in [1.807, 2.05) is 4.90 Å². The summed E-state index contributed by atoms with van der Waals surface area (Å²) in [6, 6.07) is 0.459. The first-order chi connectivity index (χ1) is 7.09. The SMILES string of the molecule is CC1=CCCN(C(=O)CCNC(C)C)C1. The first-order valence-electron chi connectivity index (χ1n) is 5.76. The highest BCUT2D eigenvalue weighted by Crippen LogP contribution is 2.09. The van der Waals surface area contributed by atoms with Crippen LogP contribution in [0.2, 0.25) is 0 Å². The second-order valence-corrected chi connectivity index (χ2v) is 4.51. The molecule has 0 atom stereocenters. The Morgan fingerprint density at radius 1 is 1.60 bits per heavy atom. The van der Waals surface area contributed by atoms with Crippen LogP contribution in [0, 0.1) is 0 Å². The van der Waals surface area contributed by atoms with Gasteiger partial charge in [-0.1, -0.05) is 25.5 Å². The summed E-state index contributed by atoms with van der Waals surface area (Å²) in [4.78, 5) is 13.7. The van der Waals surface area contributed by atoms with Crippen LogP contribution in [0.4, 0.5) is 0 Å². The summed E-state index contributed by atoms with van der Waals surface area (Å²) in [5.74, 6) is 0.274. The van der Waals surface area contributed by atoms with Crippen molar-refractivity contribution in [3.8, 4) is 0 Å². The lowest BCUT2D eigenvalue weighted by Crippen LogP contribution is -2.37. The lowest BCUT2D eigenvalue weighted by atomic mass is 10.1. The molecule has 3 heteroatoms. The first-order valence-corrected chi connectivity index (χ1v) is 5.76. The van der Waals surface area contributed by atoms with E-state index in [0.29, 0.717) is 12.5 Å². The van der Waals surface area contributed by atoms with Crippen molar-refractivity contribution < 1.29 is 4.79 Å². The summed E-state index contributed by atoms with van der Waals surface area (Å²) >= 11 is 0. The fraction of sp³-hybridized carbons (Fsp3) is 0.750. The number of hydrogen-bond donors (Lipinski definition) is 1. The number of carbonyl (C=O) groups excluding carboxylic acids is 1.